The summed E-state index contributed by atoms with van der Waals surface area (Å²) in [7, 11) is 0. The summed E-state index contributed by atoms with van der Waals surface area (Å²) in [5.74, 6) is 1.66. The smallest absolute Gasteiger partial charge is 0.00685 e. The summed E-state index contributed by atoms with van der Waals surface area (Å²) in [5, 5.41) is 1.18. The van der Waals surface area contributed by atoms with E-state index < -0.39 is 0 Å². The van der Waals surface area contributed by atoms with Crippen LogP contribution in [0.15, 0.2) is 24.3 Å². The van der Waals surface area contributed by atoms with E-state index in [1.807, 2.05) is 0 Å². The maximum absolute atomic E-state index is 3.65. The molecule has 1 fully saturated rings. The molecule has 0 N–H and O–H groups in total. The number of rotatable bonds is 1. The van der Waals surface area contributed by atoms with Gasteiger partial charge in [0.2, 0.25) is 0 Å². The highest BCUT2D eigenvalue weighted by molar-refractivity contribution is 9.09. The van der Waals surface area contributed by atoms with E-state index >= 15 is 0 Å². The van der Waals surface area contributed by atoms with Crippen LogP contribution in [0, 0.1) is 5.92 Å². The van der Waals surface area contributed by atoms with Crippen molar-refractivity contribution in [2.75, 3.05) is 5.33 Å². The predicted molar refractivity (Wildman–Crippen MR) is 67.7 cm³/mol. The van der Waals surface area contributed by atoms with Crippen LogP contribution in [0.4, 0.5) is 0 Å². The first-order chi connectivity index (χ1) is 7.28. The predicted octanol–water partition coefficient (Wildman–Crippen LogP) is 4.24. The lowest BCUT2D eigenvalue weighted by Crippen LogP contribution is -2.20. The van der Waals surface area contributed by atoms with Gasteiger partial charge >= 0.3 is 0 Å². The van der Waals surface area contributed by atoms with Crippen LogP contribution in [-0.2, 0) is 5.41 Å². The van der Waals surface area contributed by atoms with E-state index in [1.54, 1.807) is 11.1 Å². The van der Waals surface area contributed by atoms with Crippen LogP contribution in [0.5, 0.6) is 0 Å². The largest absolute Gasteiger partial charge is 0.0925 e. The Bertz CT molecular complexity index is 385. The Kier molecular flexibility index (Phi) is 2.21. The Labute approximate surface area is 100 Å². The number of hydrogen-bond acceptors (Lipinski definition) is 0. The fourth-order valence-corrected chi connectivity index (χ4v) is 4.21. The van der Waals surface area contributed by atoms with Crippen LogP contribution in [0.1, 0.15) is 43.2 Å². The first kappa shape index (κ1) is 9.89. The van der Waals surface area contributed by atoms with E-state index in [0.29, 0.717) is 5.41 Å². The molecule has 2 aliphatic carbocycles. The SMILES string of the molecule is CC1CCC2(CC2CBr)c2ccccc21. The molecule has 0 amide bonds. The molecule has 0 saturated heterocycles. The molecule has 0 bridgehead atoms. The maximum atomic E-state index is 3.65. The van der Waals surface area contributed by atoms with Crippen LogP contribution in [0.2, 0.25) is 0 Å². The van der Waals surface area contributed by atoms with Crippen LogP contribution in [0.25, 0.3) is 0 Å². The molecule has 1 aromatic carbocycles. The number of halogens is 1. The van der Waals surface area contributed by atoms with Gasteiger partial charge in [0.15, 0.2) is 0 Å². The molecule has 1 spiro atoms. The summed E-state index contributed by atoms with van der Waals surface area (Å²) in [6.45, 7) is 2.37. The van der Waals surface area contributed by atoms with Crippen LogP contribution >= 0.6 is 15.9 Å². The van der Waals surface area contributed by atoms with Gasteiger partial charge in [-0.3, -0.25) is 0 Å². The zero-order chi connectivity index (χ0) is 10.5. The molecule has 3 atom stereocenters. The fraction of sp³-hybridized carbons (Fsp3) is 0.571. The third-order valence-corrected chi connectivity index (χ3v) is 5.25. The second kappa shape index (κ2) is 3.35. The van der Waals surface area contributed by atoms with Crippen molar-refractivity contribution in [1.29, 1.82) is 0 Å². The minimum Gasteiger partial charge on any atom is -0.0925 e. The van der Waals surface area contributed by atoms with Crippen molar-refractivity contribution in [3.63, 3.8) is 0 Å². The zero-order valence-corrected chi connectivity index (χ0v) is 10.8. The average Bonchev–Trinajstić information content (AvgIpc) is 2.99. The van der Waals surface area contributed by atoms with Gasteiger partial charge in [-0.25, -0.2) is 0 Å². The molecule has 80 valence electrons. The molecule has 3 unspecified atom stereocenters. The first-order valence-electron chi connectivity index (χ1n) is 5.93. The maximum Gasteiger partial charge on any atom is 0.00685 e. The third kappa shape index (κ3) is 1.32. The van der Waals surface area contributed by atoms with Gasteiger partial charge in [0.05, 0.1) is 0 Å². The lowest BCUT2D eigenvalue weighted by molar-refractivity contribution is 0.468. The first-order valence-corrected chi connectivity index (χ1v) is 7.05. The molecular weight excluding hydrogens is 248 g/mol. The van der Waals surface area contributed by atoms with E-state index in [-0.39, 0.29) is 0 Å². The standard InChI is InChI=1S/C14H17Br/c1-10-6-7-14(8-11(14)9-15)13-5-3-2-4-12(10)13/h2-5,10-11H,6-9H2,1H3. The zero-order valence-electron chi connectivity index (χ0n) is 9.17. The molecule has 0 aromatic heterocycles. The minimum absolute atomic E-state index is 0.562. The highest BCUT2D eigenvalue weighted by atomic mass is 79.9. The molecule has 15 heavy (non-hydrogen) atoms. The van der Waals surface area contributed by atoms with Gasteiger partial charge in [0, 0.05) is 5.33 Å². The molecule has 0 nitrogen and oxygen atoms in total. The third-order valence-electron chi connectivity index (χ3n) is 4.47. The van der Waals surface area contributed by atoms with Crippen LogP contribution in [-0.4, -0.2) is 5.33 Å². The second-order valence-electron chi connectivity index (χ2n) is 5.24. The van der Waals surface area contributed by atoms with Gasteiger partial charge in [0.1, 0.15) is 0 Å². The lowest BCUT2D eigenvalue weighted by atomic mass is 9.74. The number of benzene rings is 1. The quantitative estimate of drug-likeness (QED) is 0.666. The van der Waals surface area contributed by atoms with Crippen LogP contribution in [0.3, 0.4) is 0 Å². The summed E-state index contributed by atoms with van der Waals surface area (Å²) >= 11 is 3.65. The highest BCUT2D eigenvalue weighted by Gasteiger charge is 2.56. The normalized spacial score (nSPS) is 37.7. The summed E-state index contributed by atoms with van der Waals surface area (Å²) < 4.78 is 0. The van der Waals surface area contributed by atoms with Crippen molar-refractivity contribution in [3.05, 3.63) is 35.4 Å². The molecule has 3 rings (SSSR count). The fourth-order valence-electron chi connectivity index (χ4n) is 3.36. The number of fused-ring (bicyclic) bond motifs is 2. The Balaban J connectivity index is 2.07. The summed E-state index contributed by atoms with van der Waals surface area (Å²) in [6.07, 6.45) is 4.18. The summed E-state index contributed by atoms with van der Waals surface area (Å²) in [4.78, 5) is 0. The Morgan fingerprint density at radius 3 is 2.93 bits per heavy atom. The van der Waals surface area contributed by atoms with E-state index in [1.165, 1.54) is 24.6 Å². The van der Waals surface area contributed by atoms with E-state index in [0.717, 1.165) is 11.8 Å². The van der Waals surface area contributed by atoms with E-state index in [4.69, 9.17) is 0 Å². The average molecular weight is 265 g/mol. The minimum atomic E-state index is 0.562. The van der Waals surface area contributed by atoms with Gasteiger partial charge in [-0.05, 0) is 47.6 Å². The van der Waals surface area contributed by atoms with Crippen molar-refractivity contribution < 1.29 is 0 Å². The molecule has 0 aliphatic heterocycles. The van der Waals surface area contributed by atoms with Gasteiger partial charge in [-0.15, -0.1) is 0 Å². The van der Waals surface area contributed by atoms with Gasteiger partial charge in [-0.2, -0.15) is 0 Å². The van der Waals surface area contributed by atoms with Gasteiger partial charge in [-0.1, -0.05) is 47.1 Å². The van der Waals surface area contributed by atoms with Crippen molar-refractivity contribution in [2.24, 2.45) is 5.92 Å². The number of hydrogen-bond donors (Lipinski definition) is 0. The van der Waals surface area contributed by atoms with Gasteiger partial charge < -0.3 is 0 Å². The summed E-state index contributed by atoms with van der Waals surface area (Å²) in [6, 6.07) is 9.11. The van der Waals surface area contributed by atoms with Crippen molar-refractivity contribution >= 4 is 15.9 Å². The monoisotopic (exact) mass is 264 g/mol. The topological polar surface area (TPSA) is 0 Å². The second-order valence-corrected chi connectivity index (χ2v) is 5.89. The molecule has 0 heterocycles. The molecule has 1 saturated carbocycles. The Morgan fingerprint density at radius 1 is 1.40 bits per heavy atom. The highest BCUT2D eigenvalue weighted by Crippen LogP contribution is 2.62. The summed E-state index contributed by atoms with van der Waals surface area (Å²) in [5.41, 5.74) is 3.84. The molecule has 2 aliphatic rings. The van der Waals surface area contributed by atoms with E-state index in [9.17, 15) is 0 Å². The van der Waals surface area contributed by atoms with Crippen LogP contribution < -0.4 is 0 Å². The van der Waals surface area contributed by atoms with Crippen molar-refractivity contribution in [1.82, 2.24) is 0 Å². The molecular formula is C14H17Br. The van der Waals surface area contributed by atoms with Crippen molar-refractivity contribution in [2.45, 2.75) is 37.5 Å². The lowest BCUT2D eigenvalue weighted by Gasteiger charge is -2.30. The van der Waals surface area contributed by atoms with Gasteiger partial charge in [0.25, 0.3) is 0 Å². The molecule has 1 aromatic rings. The molecule has 0 radical (unpaired) electrons. The number of alkyl halides is 1. The van der Waals surface area contributed by atoms with E-state index in [2.05, 4.69) is 47.1 Å². The Hall–Kier alpha value is -0.300. The molecule has 1 heteroatoms. The Morgan fingerprint density at radius 2 is 2.20 bits per heavy atom. The van der Waals surface area contributed by atoms with Crippen molar-refractivity contribution in [3.8, 4) is 0 Å².